The van der Waals surface area contributed by atoms with Crippen LogP contribution < -0.4 is 0 Å². The molecule has 0 unspecified atom stereocenters. The third kappa shape index (κ3) is 3.04. The Morgan fingerprint density at radius 2 is 1.85 bits per heavy atom. The molecule has 0 bridgehead atoms. The van der Waals surface area contributed by atoms with Crippen LogP contribution in [0.4, 0.5) is 5.69 Å². The van der Waals surface area contributed by atoms with Gasteiger partial charge in [0.05, 0.1) is 4.92 Å². The number of hydrogen-bond acceptors (Lipinski definition) is 4. The van der Waals surface area contributed by atoms with E-state index in [2.05, 4.69) is 0 Å². The predicted octanol–water partition coefficient (Wildman–Crippen LogP) is 2.16. The second kappa shape index (κ2) is 4.25. The fraction of sp³-hybridized carbons (Fsp3) is 0.250. The summed E-state index contributed by atoms with van der Waals surface area (Å²) in [6.07, 6.45) is 0. The Morgan fingerprint density at radius 1 is 1.31 bits per heavy atom. The van der Waals surface area contributed by atoms with Crippen LogP contribution in [-0.4, -0.2) is 23.3 Å². The summed E-state index contributed by atoms with van der Waals surface area (Å²) in [6.45, 7) is 0. The second-order valence-electron chi connectivity index (χ2n) is 2.65. The Hall–Kier alpha value is -1.07. The monoisotopic (exact) mass is 198 g/mol. The van der Waals surface area contributed by atoms with Crippen LogP contribution in [0.3, 0.4) is 0 Å². The van der Waals surface area contributed by atoms with Crippen molar-refractivity contribution >= 4 is 17.6 Å². The standard InChI is InChI=1S/C8H10N2O2S/c1-9(2)13-8-5-3-7(4-6-8)10(11)12/h3-6H,1-2H3. The minimum atomic E-state index is -0.399. The van der Waals surface area contributed by atoms with Gasteiger partial charge in [0.15, 0.2) is 0 Å². The molecule has 0 atom stereocenters. The summed E-state index contributed by atoms with van der Waals surface area (Å²) in [5.41, 5.74) is 0.128. The molecule has 0 radical (unpaired) electrons. The van der Waals surface area contributed by atoms with E-state index < -0.39 is 4.92 Å². The first-order valence-corrected chi connectivity index (χ1v) is 4.46. The molecule has 13 heavy (non-hydrogen) atoms. The van der Waals surface area contributed by atoms with Crippen molar-refractivity contribution in [3.8, 4) is 0 Å². The molecule has 0 aliphatic rings. The topological polar surface area (TPSA) is 46.4 Å². The average Bonchev–Trinajstić information content (AvgIpc) is 2.04. The molecule has 0 aliphatic carbocycles. The number of nitro groups is 1. The van der Waals surface area contributed by atoms with E-state index in [0.29, 0.717) is 0 Å². The largest absolute Gasteiger partial charge is 0.269 e. The lowest BCUT2D eigenvalue weighted by molar-refractivity contribution is -0.384. The molecule has 0 N–H and O–H groups in total. The number of non-ortho nitro benzene ring substituents is 1. The number of benzene rings is 1. The molecular weight excluding hydrogens is 188 g/mol. The quantitative estimate of drug-likeness (QED) is 0.424. The molecule has 0 amide bonds. The summed E-state index contributed by atoms with van der Waals surface area (Å²) in [5.74, 6) is 0. The van der Waals surface area contributed by atoms with E-state index in [4.69, 9.17) is 0 Å². The van der Waals surface area contributed by atoms with Gasteiger partial charge in [-0.2, -0.15) is 0 Å². The summed E-state index contributed by atoms with van der Waals surface area (Å²) >= 11 is 1.53. The normalized spacial score (nSPS) is 10.4. The Bertz CT molecular complexity index is 298. The average molecular weight is 198 g/mol. The van der Waals surface area contributed by atoms with Gasteiger partial charge in [-0.05, 0) is 38.2 Å². The summed E-state index contributed by atoms with van der Waals surface area (Å²) in [5, 5.41) is 10.3. The molecule has 1 rings (SSSR count). The van der Waals surface area contributed by atoms with E-state index in [-0.39, 0.29) is 5.69 Å². The Balaban J connectivity index is 2.75. The van der Waals surface area contributed by atoms with Crippen LogP contribution in [0.25, 0.3) is 0 Å². The van der Waals surface area contributed by atoms with Crippen molar-refractivity contribution in [2.75, 3.05) is 14.1 Å². The summed E-state index contributed by atoms with van der Waals surface area (Å²) < 4.78 is 1.93. The Kier molecular flexibility index (Phi) is 3.27. The Morgan fingerprint density at radius 3 is 2.23 bits per heavy atom. The lowest BCUT2D eigenvalue weighted by atomic mass is 10.3. The van der Waals surface area contributed by atoms with Gasteiger partial charge in [0, 0.05) is 17.0 Å². The van der Waals surface area contributed by atoms with Crippen LogP contribution in [-0.2, 0) is 0 Å². The van der Waals surface area contributed by atoms with Gasteiger partial charge in [0.2, 0.25) is 0 Å². The third-order valence-electron chi connectivity index (χ3n) is 1.34. The highest BCUT2D eigenvalue weighted by Gasteiger charge is 2.04. The highest BCUT2D eigenvalue weighted by molar-refractivity contribution is 7.97. The maximum absolute atomic E-state index is 10.3. The maximum Gasteiger partial charge on any atom is 0.269 e. The third-order valence-corrected chi connectivity index (χ3v) is 2.18. The minimum Gasteiger partial charge on any atom is -0.258 e. The zero-order chi connectivity index (χ0) is 9.84. The fourth-order valence-electron chi connectivity index (χ4n) is 0.840. The van der Waals surface area contributed by atoms with Crippen LogP contribution >= 0.6 is 11.9 Å². The zero-order valence-electron chi connectivity index (χ0n) is 7.43. The Labute approximate surface area is 80.8 Å². The van der Waals surface area contributed by atoms with Crippen LogP contribution in [0.15, 0.2) is 29.2 Å². The maximum atomic E-state index is 10.3. The van der Waals surface area contributed by atoms with Gasteiger partial charge in [-0.15, -0.1) is 0 Å². The molecule has 0 spiro atoms. The molecule has 1 aromatic carbocycles. The van der Waals surface area contributed by atoms with Gasteiger partial charge in [-0.1, -0.05) is 0 Å². The van der Waals surface area contributed by atoms with Crippen molar-refractivity contribution in [1.29, 1.82) is 0 Å². The van der Waals surface area contributed by atoms with Gasteiger partial charge in [-0.3, -0.25) is 14.4 Å². The molecule has 0 aromatic heterocycles. The molecule has 4 nitrogen and oxygen atoms in total. The molecule has 1 aromatic rings. The summed E-state index contributed by atoms with van der Waals surface area (Å²) in [7, 11) is 3.85. The molecule has 0 saturated heterocycles. The van der Waals surface area contributed by atoms with Crippen molar-refractivity contribution in [2.45, 2.75) is 4.90 Å². The predicted molar refractivity (Wildman–Crippen MR) is 52.6 cm³/mol. The van der Waals surface area contributed by atoms with E-state index in [1.54, 1.807) is 12.1 Å². The highest BCUT2D eigenvalue weighted by atomic mass is 32.2. The zero-order valence-corrected chi connectivity index (χ0v) is 8.25. The van der Waals surface area contributed by atoms with E-state index in [1.807, 2.05) is 18.4 Å². The molecule has 0 aliphatic heterocycles. The molecule has 5 heteroatoms. The summed E-state index contributed by atoms with van der Waals surface area (Å²) in [6, 6.07) is 6.49. The van der Waals surface area contributed by atoms with E-state index in [1.165, 1.54) is 24.1 Å². The molecule has 70 valence electrons. The SMILES string of the molecule is CN(C)Sc1ccc([N+](=O)[O-])cc1. The summed E-state index contributed by atoms with van der Waals surface area (Å²) in [4.78, 5) is 10.9. The number of rotatable bonds is 3. The number of nitrogens with zero attached hydrogens (tertiary/aromatic N) is 2. The second-order valence-corrected chi connectivity index (χ2v) is 4.04. The first kappa shape index (κ1) is 10.0. The van der Waals surface area contributed by atoms with Gasteiger partial charge < -0.3 is 0 Å². The van der Waals surface area contributed by atoms with Crippen LogP contribution in [0.2, 0.25) is 0 Å². The number of nitro benzene ring substituents is 1. The van der Waals surface area contributed by atoms with Gasteiger partial charge in [-0.25, -0.2) is 0 Å². The number of hydrogen-bond donors (Lipinski definition) is 0. The van der Waals surface area contributed by atoms with E-state index >= 15 is 0 Å². The van der Waals surface area contributed by atoms with E-state index in [9.17, 15) is 10.1 Å². The smallest absolute Gasteiger partial charge is 0.258 e. The van der Waals surface area contributed by atoms with Gasteiger partial charge in [0.1, 0.15) is 0 Å². The lowest BCUT2D eigenvalue weighted by Gasteiger charge is -2.06. The van der Waals surface area contributed by atoms with Crippen molar-refractivity contribution in [1.82, 2.24) is 4.31 Å². The molecular formula is C8H10N2O2S. The van der Waals surface area contributed by atoms with Crippen molar-refractivity contribution in [3.05, 3.63) is 34.4 Å². The fourth-order valence-corrected chi connectivity index (χ4v) is 1.52. The van der Waals surface area contributed by atoms with E-state index in [0.717, 1.165) is 4.90 Å². The molecule has 0 heterocycles. The van der Waals surface area contributed by atoms with Crippen molar-refractivity contribution in [3.63, 3.8) is 0 Å². The molecule has 0 fully saturated rings. The molecule has 0 saturated carbocycles. The highest BCUT2D eigenvalue weighted by Crippen LogP contribution is 2.22. The van der Waals surface area contributed by atoms with Gasteiger partial charge in [0.25, 0.3) is 5.69 Å². The van der Waals surface area contributed by atoms with Crippen LogP contribution in [0.1, 0.15) is 0 Å². The first-order valence-electron chi connectivity index (χ1n) is 3.69. The van der Waals surface area contributed by atoms with Crippen LogP contribution in [0.5, 0.6) is 0 Å². The first-order chi connectivity index (χ1) is 6.09. The van der Waals surface area contributed by atoms with Crippen molar-refractivity contribution in [2.24, 2.45) is 0 Å². The van der Waals surface area contributed by atoms with Gasteiger partial charge >= 0.3 is 0 Å². The lowest BCUT2D eigenvalue weighted by Crippen LogP contribution is -1.98. The van der Waals surface area contributed by atoms with Crippen molar-refractivity contribution < 1.29 is 4.92 Å². The van der Waals surface area contributed by atoms with Crippen LogP contribution in [0, 0.1) is 10.1 Å². The minimum absolute atomic E-state index is 0.128.